The van der Waals surface area contributed by atoms with E-state index in [2.05, 4.69) is 43.4 Å². The molecule has 1 heterocycles. The molecule has 1 aromatic carbocycles. The average Bonchev–Trinajstić information content (AvgIpc) is 2.38. The maximum atomic E-state index is 12.1. The van der Waals surface area contributed by atoms with Crippen LogP contribution in [0.1, 0.15) is 12.5 Å². The number of carbonyl (C=O) groups is 1. The van der Waals surface area contributed by atoms with E-state index in [1.807, 2.05) is 4.90 Å². The van der Waals surface area contributed by atoms with E-state index in [9.17, 15) is 4.79 Å². The molecule has 98 valence electrons. The van der Waals surface area contributed by atoms with Crippen LogP contribution in [0, 0.1) is 6.92 Å². The second-order valence-electron chi connectivity index (χ2n) is 4.74. The Kier molecular flexibility index (Phi) is 4.66. The van der Waals surface area contributed by atoms with Gasteiger partial charge in [0.2, 0.25) is 5.91 Å². The van der Waals surface area contributed by atoms with Gasteiger partial charge in [-0.2, -0.15) is 0 Å². The summed E-state index contributed by atoms with van der Waals surface area (Å²) in [6.45, 7) is 6.81. The lowest BCUT2D eigenvalue weighted by molar-refractivity contribution is -0.131. The van der Waals surface area contributed by atoms with Crippen molar-refractivity contribution in [1.29, 1.82) is 0 Å². The molecule has 1 fully saturated rings. The summed E-state index contributed by atoms with van der Waals surface area (Å²) in [5.74, 6) is 0.780. The summed E-state index contributed by atoms with van der Waals surface area (Å²) in [5, 5.41) is 3.30. The average molecular weight is 264 g/mol. The molecule has 0 spiro atoms. The summed E-state index contributed by atoms with van der Waals surface area (Å²) in [7, 11) is 0. The van der Waals surface area contributed by atoms with Crippen LogP contribution in [0.25, 0.3) is 0 Å². The Hall–Kier alpha value is -1.00. The second kappa shape index (κ2) is 6.25. The summed E-state index contributed by atoms with van der Waals surface area (Å²) in [6.07, 6.45) is 0. The SMILES string of the molecule is Cc1ccc(SCC(=O)N2CCNC[C@@H]2C)cc1. The molecule has 2 rings (SSSR count). The van der Waals surface area contributed by atoms with Gasteiger partial charge in [-0.3, -0.25) is 4.79 Å². The number of benzene rings is 1. The molecule has 0 aliphatic carbocycles. The van der Waals surface area contributed by atoms with Crippen molar-refractivity contribution in [3.63, 3.8) is 0 Å². The van der Waals surface area contributed by atoms with Gasteiger partial charge in [-0.15, -0.1) is 11.8 Å². The number of hydrogen-bond acceptors (Lipinski definition) is 3. The highest BCUT2D eigenvalue weighted by Crippen LogP contribution is 2.19. The highest BCUT2D eigenvalue weighted by atomic mass is 32.2. The van der Waals surface area contributed by atoms with Gasteiger partial charge in [0.1, 0.15) is 0 Å². The summed E-state index contributed by atoms with van der Waals surface area (Å²) in [5.41, 5.74) is 1.25. The first kappa shape index (κ1) is 13.4. The van der Waals surface area contributed by atoms with Crippen LogP contribution < -0.4 is 5.32 Å². The third kappa shape index (κ3) is 3.50. The lowest BCUT2D eigenvalue weighted by atomic mass is 10.2. The smallest absolute Gasteiger partial charge is 0.233 e. The largest absolute Gasteiger partial charge is 0.337 e. The van der Waals surface area contributed by atoms with Gasteiger partial charge in [-0.05, 0) is 26.0 Å². The van der Waals surface area contributed by atoms with Crippen LogP contribution in [0.15, 0.2) is 29.2 Å². The zero-order valence-electron chi connectivity index (χ0n) is 11.0. The minimum absolute atomic E-state index is 0.245. The Labute approximate surface area is 113 Å². The molecule has 0 aromatic heterocycles. The van der Waals surface area contributed by atoms with Crippen molar-refractivity contribution in [2.24, 2.45) is 0 Å². The van der Waals surface area contributed by atoms with Crippen LogP contribution in [-0.4, -0.2) is 42.2 Å². The predicted molar refractivity (Wildman–Crippen MR) is 75.9 cm³/mol. The quantitative estimate of drug-likeness (QED) is 0.846. The Morgan fingerprint density at radius 1 is 1.44 bits per heavy atom. The van der Waals surface area contributed by atoms with E-state index in [4.69, 9.17) is 0 Å². The molecule has 1 aliphatic rings. The minimum atomic E-state index is 0.245. The second-order valence-corrected chi connectivity index (χ2v) is 5.79. The molecular weight excluding hydrogens is 244 g/mol. The molecule has 1 atom stereocenters. The number of rotatable bonds is 3. The molecule has 1 amide bonds. The fourth-order valence-corrected chi connectivity index (χ4v) is 2.86. The van der Waals surface area contributed by atoms with Crippen LogP contribution in [0.5, 0.6) is 0 Å². The Morgan fingerprint density at radius 2 is 2.17 bits per heavy atom. The van der Waals surface area contributed by atoms with Crippen LogP contribution in [-0.2, 0) is 4.79 Å². The highest BCUT2D eigenvalue weighted by Gasteiger charge is 2.22. The number of aryl methyl sites for hydroxylation is 1. The zero-order chi connectivity index (χ0) is 13.0. The number of thioether (sulfide) groups is 1. The molecule has 0 saturated carbocycles. The molecule has 1 aliphatic heterocycles. The van der Waals surface area contributed by atoms with E-state index in [0.29, 0.717) is 11.8 Å². The molecule has 1 N–H and O–H groups in total. The lowest BCUT2D eigenvalue weighted by Gasteiger charge is -2.33. The first-order valence-electron chi connectivity index (χ1n) is 6.36. The van der Waals surface area contributed by atoms with Gasteiger partial charge in [-0.1, -0.05) is 17.7 Å². The van der Waals surface area contributed by atoms with Crippen molar-refractivity contribution in [3.8, 4) is 0 Å². The van der Waals surface area contributed by atoms with Crippen LogP contribution in [0.2, 0.25) is 0 Å². The number of amides is 1. The molecule has 4 heteroatoms. The Bertz CT molecular complexity index is 405. The van der Waals surface area contributed by atoms with Gasteiger partial charge < -0.3 is 10.2 Å². The van der Waals surface area contributed by atoms with E-state index in [1.54, 1.807) is 11.8 Å². The predicted octanol–water partition coefficient (Wildman–Crippen LogP) is 1.91. The van der Waals surface area contributed by atoms with Crippen molar-refractivity contribution in [2.75, 3.05) is 25.4 Å². The van der Waals surface area contributed by atoms with E-state index in [0.717, 1.165) is 24.5 Å². The lowest BCUT2D eigenvalue weighted by Crippen LogP contribution is -2.52. The standard InChI is InChI=1S/C14H20N2OS/c1-11-3-5-13(6-4-11)18-10-14(17)16-8-7-15-9-12(16)2/h3-6,12,15H,7-10H2,1-2H3/t12-/m0/s1. The minimum Gasteiger partial charge on any atom is -0.337 e. The number of piperazine rings is 1. The molecular formula is C14H20N2OS. The van der Waals surface area contributed by atoms with E-state index in [1.165, 1.54) is 5.56 Å². The van der Waals surface area contributed by atoms with Crippen molar-refractivity contribution in [2.45, 2.75) is 24.8 Å². The molecule has 0 bridgehead atoms. The van der Waals surface area contributed by atoms with Gasteiger partial charge in [0.15, 0.2) is 0 Å². The number of nitrogens with zero attached hydrogens (tertiary/aromatic N) is 1. The topological polar surface area (TPSA) is 32.3 Å². The third-order valence-electron chi connectivity index (χ3n) is 3.20. The zero-order valence-corrected chi connectivity index (χ0v) is 11.8. The number of carbonyl (C=O) groups excluding carboxylic acids is 1. The molecule has 3 nitrogen and oxygen atoms in total. The molecule has 1 aromatic rings. The van der Waals surface area contributed by atoms with E-state index >= 15 is 0 Å². The van der Waals surface area contributed by atoms with Crippen LogP contribution >= 0.6 is 11.8 Å². The summed E-state index contributed by atoms with van der Waals surface area (Å²) in [4.78, 5) is 15.3. The highest BCUT2D eigenvalue weighted by molar-refractivity contribution is 8.00. The van der Waals surface area contributed by atoms with Gasteiger partial charge >= 0.3 is 0 Å². The summed E-state index contributed by atoms with van der Waals surface area (Å²) in [6, 6.07) is 8.63. The van der Waals surface area contributed by atoms with Crippen LogP contribution in [0.4, 0.5) is 0 Å². The first-order valence-corrected chi connectivity index (χ1v) is 7.35. The fourth-order valence-electron chi connectivity index (χ4n) is 2.07. The van der Waals surface area contributed by atoms with Gasteiger partial charge in [0.05, 0.1) is 5.75 Å². The summed E-state index contributed by atoms with van der Waals surface area (Å²) >= 11 is 1.62. The number of hydrogen-bond donors (Lipinski definition) is 1. The van der Waals surface area contributed by atoms with Crippen LogP contribution in [0.3, 0.4) is 0 Å². The van der Waals surface area contributed by atoms with Crippen molar-refractivity contribution in [3.05, 3.63) is 29.8 Å². The Morgan fingerprint density at radius 3 is 2.83 bits per heavy atom. The van der Waals surface area contributed by atoms with Crippen molar-refractivity contribution >= 4 is 17.7 Å². The van der Waals surface area contributed by atoms with E-state index in [-0.39, 0.29) is 5.91 Å². The number of nitrogens with one attached hydrogen (secondary N) is 1. The molecule has 18 heavy (non-hydrogen) atoms. The fraction of sp³-hybridized carbons (Fsp3) is 0.500. The van der Waals surface area contributed by atoms with Crippen molar-refractivity contribution in [1.82, 2.24) is 10.2 Å². The molecule has 1 saturated heterocycles. The Balaban J connectivity index is 1.85. The van der Waals surface area contributed by atoms with Gasteiger partial charge in [0.25, 0.3) is 0 Å². The molecule has 0 radical (unpaired) electrons. The van der Waals surface area contributed by atoms with Crippen molar-refractivity contribution < 1.29 is 4.79 Å². The summed E-state index contributed by atoms with van der Waals surface area (Å²) < 4.78 is 0. The maximum absolute atomic E-state index is 12.1. The van der Waals surface area contributed by atoms with E-state index < -0.39 is 0 Å². The van der Waals surface area contributed by atoms with Gasteiger partial charge in [-0.25, -0.2) is 0 Å². The maximum Gasteiger partial charge on any atom is 0.233 e. The molecule has 0 unspecified atom stereocenters. The first-order chi connectivity index (χ1) is 8.66. The third-order valence-corrected chi connectivity index (χ3v) is 4.20. The monoisotopic (exact) mass is 264 g/mol. The normalized spacial score (nSPS) is 19.9. The van der Waals surface area contributed by atoms with Gasteiger partial charge in [0, 0.05) is 30.6 Å².